The predicted octanol–water partition coefficient (Wildman–Crippen LogP) is 14.5. The van der Waals surface area contributed by atoms with Gasteiger partial charge in [0.1, 0.15) is 0 Å². The molecule has 0 aromatic carbocycles. The first-order valence-corrected chi connectivity index (χ1v) is 19.4. The van der Waals surface area contributed by atoms with Gasteiger partial charge in [-0.25, -0.2) is 0 Å². The molecular weight excluding hydrogens is 545 g/mol. The summed E-state index contributed by atoms with van der Waals surface area (Å²) < 4.78 is 40.4. The SMILES string of the molecule is CCCCCCCCCCCC[N+](C)(CCCCCCCCCCCC)CCCCCCCCCCCC.F[B-](F)(F)F. The molecule has 0 bridgehead atoms. The third-order valence-electron chi connectivity index (χ3n) is 9.15. The highest BCUT2D eigenvalue weighted by molar-refractivity contribution is 6.50. The average molecular weight is 624 g/mol. The van der Waals surface area contributed by atoms with Crippen LogP contribution in [0.1, 0.15) is 213 Å². The van der Waals surface area contributed by atoms with Gasteiger partial charge in [0.25, 0.3) is 0 Å². The lowest BCUT2D eigenvalue weighted by Crippen LogP contribution is -2.46. The van der Waals surface area contributed by atoms with Crippen LogP contribution in [0.25, 0.3) is 0 Å². The lowest BCUT2D eigenvalue weighted by molar-refractivity contribution is -0.910. The summed E-state index contributed by atoms with van der Waals surface area (Å²) in [6, 6.07) is 0. The highest BCUT2D eigenvalue weighted by atomic mass is 19.5. The minimum atomic E-state index is -6.00. The van der Waals surface area contributed by atoms with Crippen molar-refractivity contribution in [2.45, 2.75) is 213 Å². The second-order valence-corrected chi connectivity index (χ2v) is 13.8. The third-order valence-corrected chi connectivity index (χ3v) is 9.15. The minimum Gasteiger partial charge on any atom is -0.418 e. The van der Waals surface area contributed by atoms with E-state index in [2.05, 4.69) is 27.8 Å². The van der Waals surface area contributed by atoms with Gasteiger partial charge in [-0.3, -0.25) is 0 Å². The summed E-state index contributed by atoms with van der Waals surface area (Å²) in [4.78, 5) is 0. The molecule has 0 saturated heterocycles. The second-order valence-electron chi connectivity index (χ2n) is 13.8. The molecule has 0 aromatic heterocycles. The molecule has 0 saturated carbocycles. The fraction of sp³-hybridized carbons (Fsp3) is 1.00. The molecule has 0 rings (SSSR count). The van der Waals surface area contributed by atoms with Crippen LogP contribution < -0.4 is 0 Å². The van der Waals surface area contributed by atoms with Crippen LogP contribution in [-0.2, 0) is 0 Å². The van der Waals surface area contributed by atoms with Crippen molar-refractivity contribution in [3.05, 3.63) is 0 Å². The van der Waals surface area contributed by atoms with Gasteiger partial charge in [-0.1, -0.05) is 175 Å². The minimum absolute atomic E-state index is 1.37. The summed E-state index contributed by atoms with van der Waals surface area (Å²) >= 11 is 0. The maximum absolute atomic E-state index is 9.75. The number of rotatable bonds is 33. The molecule has 0 unspecified atom stereocenters. The number of nitrogens with zero attached hydrogens (tertiary/aromatic N) is 1. The zero-order valence-corrected chi connectivity index (χ0v) is 29.9. The first-order valence-electron chi connectivity index (χ1n) is 19.4. The molecule has 262 valence electrons. The summed E-state index contributed by atoms with van der Waals surface area (Å²) in [5.41, 5.74) is 0. The van der Waals surface area contributed by atoms with Gasteiger partial charge in [0.2, 0.25) is 0 Å². The molecule has 0 atom stereocenters. The highest BCUT2D eigenvalue weighted by Gasteiger charge is 2.21. The van der Waals surface area contributed by atoms with Gasteiger partial charge < -0.3 is 21.7 Å². The van der Waals surface area contributed by atoms with Gasteiger partial charge in [-0.15, -0.1) is 0 Å². The predicted molar refractivity (Wildman–Crippen MR) is 187 cm³/mol. The quantitative estimate of drug-likeness (QED) is 0.0295. The highest BCUT2D eigenvalue weighted by Crippen LogP contribution is 2.18. The van der Waals surface area contributed by atoms with E-state index < -0.39 is 7.25 Å². The molecule has 43 heavy (non-hydrogen) atoms. The Kier molecular flexibility index (Phi) is 36.1. The number of hydrogen-bond donors (Lipinski definition) is 0. The standard InChI is InChI=1S/C37H78N.BF4/c1-5-8-11-14-17-20-23-26-29-32-35-38(4,36-33-30-27-24-21-18-15-12-9-6-2)37-34-31-28-25-22-19-16-13-10-7-3;2-1(3,4)5/h5-37H2,1-4H3;/q+1;-1. The Hall–Kier alpha value is -0.255. The van der Waals surface area contributed by atoms with E-state index in [1.54, 1.807) is 0 Å². The first kappa shape index (κ1) is 44.9. The molecule has 0 aliphatic rings. The molecule has 6 heteroatoms. The van der Waals surface area contributed by atoms with Crippen molar-refractivity contribution >= 4 is 7.25 Å². The maximum atomic E-state index is 9.75. The molecular formula is C37H78BF4N. The topological polar surface area (TPSA) is 0 Å². The Morgan fingerprint density at radius 2 is 0.442 bits per heavy atom. The molecule has 0 amide bonds. The Bertz CT molecular complexity index is 450. The summed E-state index contributed by atoms with van der Waals surface area (Å²) in [6.07, 6.45) is 43.8. The van der Waals surface area contributed by atoms with Gasteiger partial charge in [-0.2, -0.15) is 0 Å². The number of hydrogen-bond acceptors (Lipinski definition) is 0. The van der Waals surface area contributed by atoms with Gasteiger partial charge in [0.15, 0.2) is 0 Å². The molecule has 0 aliphatic carbocycles. The van der Waals surface area contributed by atoms with E-state index in [4.69, 9.17) is 0 Å². The van der Waals surface area contributed by atoms with Crippen molar-refractivity contribution in [3.8, 4) is 0 Å². The third kappa shape index (κ3) is 43.9. The number of unbranched alkanes of at least 4 members (excludes halogenated alkanes) is 27. The van der Waals surface area contributed by atoms with Crippen molar-refractivity contribution in [1.82, 2.24) is 0 Å². The van der Waals surface area contributed by atoms with Crippen LogP contribution in [0.2, 0.25) is 0 Å². The Morgan fingerprint density at radius 3 is 0.605 bits per heavy atom. The normalized spacial score (nSPS) is 12.0. The van der Waals surface area contributed by atoms with Crippen molar-refractivity contribution < 1.29 is 21.7 Å². The molecule has 1 nitrogen and oxygen atoms in total. The fourth-order valence-corrected chi connectivity index (χ4v) is 6.28. The average Bonchev–Trinajstić information content (AvgIpc) is 2.95. The van der Waals surface area contributed by atoms with Crippen LogP contribution >= 0.6 is 0 Å². The number of halogens is 4. The van der Waals surface area contributed by atoms with E-state index in [9.17, 15) is 17.3 Å². The summed E-state index contributed by atoms with van der Waals surface area (Å²) in [5, 5.41) is 0. The zero-order valence-electron chi connectivity index (χ0n) is 29.9. The molecule has 0 N–H and O–H groups in total. The lowest BCUT2D eigenvalue weighted by Gasteiger charge is -2.35. The van der Waals surface area contributed by atoms with Gasteiger partial charge in [0, 0.05) is 0 Å². The van der Waals surface area contributed by atoms with Crippen molar-refractivity contribution in [3.63, 3.8) is 0 Å². The first-order chi connectivity index (χ1) is 20.7. The van der Waals surface area contributed by atoms with Gasteiger partial charge in [-0.05, 0) is 38.5 Å². The van der Waals surface area contributed by atoms with E-state index >= 15 is 0 Å². The molecule has 0 fully saturated rings. The van der Waals surface area contributed by atoms with Gasteiger partial charge >= 0.3 is 7.25 Å². The molecule has 0 spiro atoms. The Balaban J connectivity index is 0. The molecule has 0 aromatic rings. The summed E-state index contributed by atoms with van der Waals surface area (Å²) in [6.45, 7) is 11.3. The maximum Gasteiger partial charge on any atom is 0.673 e. The zero-order chi connectivity index (χ0) is 32.3. The second kappa shape index (κ2) is 34.6. The molecule has 0 radical (unpaired) electrons. The van der Waals surface area contributed by atoms with Crippen LogP contribution in [0.5, 0.6) is 0 Å². The summed E-state index contributed by atoms with van der Waals surface area (Å²) in [7, 11) is -3.39. The monoisotopic (exact) mass is 624 g/mol. The van der Waals surface area contributed by atoms with E-state index in [1.165, 1.54) is 217 Å². The van der Waals surface area contributed by atoms with Crippen molar-refractivity contribution in [2.75, 3.05) is 26.7 Å². The lowest BCUT2D eigenvalue weighted by atomic mass is 10.0. The van der Waals surface area contributed by atoms with E-state index in [1.807, 2.05) is 0 Å². The van der Waals surface area contributed by atoms with Crippen molar-refractivity contribution in [1.29, 1.82) is 0 Å². The Morgan fingerprint density at radius 1 is 0.302 bits per heavy atom. The molecule has 0 aliphatic heterocycles. The number of quaternary nitrogens is 1. The van der Waals surface area contributed by atoms with E-state index in [-0.39, 0.29) is 0 Å². The van der Waals surface area contributed by atoms with Crippen LogP contribution in [0.3, 0.4) is 0 Å². The van der Waals surface area contributed by atoms with Crippen LogP contribution in [0, 0.1) is 0 Å². The van der Waals surface area contributed by atoms with Gasteiger partial charge in [0.05, 0.1) is 26.7 Å². The van der Waals surface area contributed by atoms with Crippen LogP contribution in [-0.4, -0.2) is 38.4 Å². The molecule has 0 heterocycles. The smallest absolute Gasteiger partial charge is 0.418 e. The van der Waals surface area contributed by atoms with Crippen LogP contribution in [0.15, 0.2) is 0 Å². The van der Waals surface area contributed by atoms with E-state index in [0.29, 0.717) is 0 Å². The van der Waals surface area contributed by atoms with E-state index in [0.717, 1.165) is 0 Å². The fourth-order valence-electron chi connectivity index (χ4n) is 6.28. The Labute approximate surface area is 268 Å². The summed E-state index contributed by atoms with van der Waals surface area (Å²) in [5.74, 6) is 0. The van der Waals surface area contributed by atoms with Crippen LogP contribution in [0.4, 0.5) is 17.3 Å². The van der Waals surface area contributed by atoms with Crippen molar-refractivity contribution in [2.24, 2.45) is 0 Å². The largest absolute Gasteiger partial charge is 0.673 e.